The summed E-state index contributed by atoms with van der Waals surface area (Å²) < 4.78 is 5.15. The molecular weight excluding hydrogens is 351 g/mol. The fourth-order valence-electron chi connectivity index (χ4n) is 1.96. The molecule has 3 aromatic rings. The van der Waals surface area contributed by atoms with E-state index in [1.807, 2.05) is 0 Å². The lowest BCUT2D eigenvalue weighted by molar-refractivity contribution is -0.255. The second-order valence-corrected chi connectivity index (χ2v) is 5.68. The average molecular weight is 360 g/mol. The molecule has 0 fully saturated rings. The third-order valence-corrected chi connectivity index (χ3v) is 3.70. The molecule has 3 rings (SSSR count). The predicted octanol–water partition coefficient (Wildman–Crippen LogP) is 3.49. The summed E-state index contributed by atoms with van der Waals surface area (Å²) >= 11 is 12.0. The molecular formula is C17H9Cl2N2O3-. The Balaban J connectivity index is 1.83. The lowest BCUT2D eigenvalue weighted by Gasteiger charge is -2.01. The molecule has 0 saturated carbocycles. The summed E-state index contributed by atoms with van der Waals surface area (Å²) in [5, 5.41) is 15.4. The fraction of sp³-hybridized carbons (Fsp3) is 0. The maximum atomic E-state index is 10.7. The Kier molecular flexibility index (Phi) is 4.64. The minimum Gasteiger partial charge on any atom is -0.545 e. The van der Waals surface area contributed by atoms with Gasteiger partial charge in [-0.2, -0.15) is 4.98 Å². The van der Waals surface area contributed by atoms with Crippen molar-refractivity contribution in [1.82, 2.24) is 10.1 Å². The summed E-state index contributed by atoms with van der Waals surface area (Å²) in [6, 6.07) is 13.1. The van der Waals surface area contributed by atoms with Crippen molar-refractivity contribution >= 4 is 40.3 Å². The number of benzene rings is 2. The molecule has 5 nitrogen and oxygen atoms in total. The summed E-state index contributed by atoms with van der Waals surface area (Å²) in [6.07, 6.45) is 1.60. The molecule has 0 unspecified atom stereocenters. The first kappa shape index (κ1) is 16.2. The van der Waals surface area contributed by atoms with Crippen LogP contribution >= 0.6 is 23.2 Å². The second-order valence-electron chi connectivity index (χ2n) is 4.83. The van der Waals surface area contributed by atoms with E-state index >= 15 is 0 Å². The van der Waals surface area contributed by atoms with E-state index in [2.05, 4.69) is 10.1 Å². The SMILES string of the molecule is O=C([O-])c1ccc(/C=C(\Cl)c2nc(-c3ccc(Cl)cc3)no2)cc1. The number of carbonyl (C=O) groups is 1. The van der Waals surface area contributed by atoms with Crippen molar-refractivity contribution in [2.45, 2.75) is 0 Å². The van der Waals surface area contributed by atoms with Crippen LogP contribution in [0.2, 0.25) is 5.02 Å². The molecule has 0 atom stereocenters. The van der Waals surface area contributed by atoms with Gasteiger partial charge in [-0.05, 0) is 41.5 Å². The van der Waals surface area contributed by atoms with E-state index in [1.54, 1.807) is 42.5 Å². The van der Waals surface area contributed by atoms with Crippen molar-refractivity contribution in [1.29, 1.82) is 0 Å². The molecule has 24 heavy (non-hydrogen) atoms. The molecule has 0 N–H and O–H groups in total. The first-order valence-electron chi connectivity index (χ1n) is 6.81. The number of hydrogen-bond donors (Lipinski definition) is 0. The molecule has 0 spiro atoms. The van der Waals surface area contributed by atoms with Crippen LogP contribution in [0, 0.1) is 0 Å². The van der Waals surface area contributed by atoms with Gasteiger partial charge in [0.05, 0.1) is 5.97 Å². The normalized spacial score (nSPS) is 11.5. The minimum absolute atomic E-state index is 0.0890. The van der Waals surface area contributed by atoms with Gasteiger partial charge in [0.2, 0.25) is 5.82 Å². The third-order valence-electron chi connectivity index (χ3n) is 3.17. The molecule has 0 amide bonds. The standard InChI is InChI=1S/C17H10Cl2N2O3/c18-13-7-5-11(6-8-13)15-20-16(24-21-15)14(19)9-10-1-3-12(4-2-10)17(22)23/h1-9H,(H,22,23)/p-1/b14-9-. The van der Waals surface area contributed by atoms with Gasteiger partial charge < -0.3 is 14.4 Å². The third kappa shape index (κ3) is 3.64. The molecule has 0 saturated heterocycles. The number of aromatic carboxylic acids is 1. The van der Waals surface area contributed by atoms with Crippen molar-refractivity contribution < 1.29 is 14.4 Å². The highest BCUT2D eigenvalue weighted by Crippen LogP contribution is 2.24. The van der Waals surface area contributed by atoms with Crippen LogP contribution in [0.3, 0.4) is 0 Å². The fourth-order valence-corrected chi connectivity index (χ4v) is 2.29. The Labute approximate surface area is 147 Å². The Morgan fingerprint density at radius 2 is 1.75 bits per heavy atom. The second kappa shape index (κ2) is 6.86. The van der Waals surface area contributed by atoms with Crippen molar-refractivity contribution in [2.24, 2.45) is 0 Å². The summed E-state index contributed by atoms with van der Waals surface area (Å²) in [5.41, 5.74) is 1.53. The maximum Gasteiger partial charge on any atom is 0.269 e. The van der Waals surface area contributed by atoms with E-state index in [0.717, 1.165) is 5.56 Å². The zero-order valence-electron chi connectivity index (χ0n) is 12.1. The van der Waals surface area contributed by atoms with Gasteiger partial charge in [-0.1, -0.05) is 52.6 Å². The van der Waals surface area contributed by atoms with Crippen molar-refractivity contribution in [3.05, 3.63) is 70.6 Å². The highest BCUT2D eigenvalue weighted by Gasteiger charge is 2.11. The van der Waals surface area contributed by atoms with E-state index in [0.29, 0.717) is 16.4 Å². The number of aromatic nitrogens is 2. The van der Waals surface area contributed by atoms with Crippen molar-refractivity contribution in [3.8, 4) is 11.4 Å². The lowest BCUT2D eigenvalue weighted by Crippen LogP contribution is -2.21. The topological polar surface area (TPSA) is 79.0 Å². The first-order valence-corrected chi connectivity index (χ1v) is 7.57. The van der Waals surface area contributed by atoms with Crippen LogP contribution in [0.5, 0.6) is 0 Å². The lowest BCUT2D eigenvalue weighted by atomic mass is 10.1. The largest absolute Gasteiger partial charge is 0.545 e. The monoisotopic (exact) mass is 359 g/mol. The molecule has 1 heterocycles. The number of carboxylic acid groups (broad SMARTS) is 1. The molecule has 7 heteroatoms. The number of rotatable bonds is 4. The van der Waals surface area contributed by atoms with E-state index in [1.165, 1.54) is 12.1 Å². The van der Waals surface area contributed by atoms with Crippen molar-refractivity contribution in [2.75, 3.05) is 0 Å². The van der Waals surface area contributed by atoms with Gasteiger partial charge in [0, 0.05) is 10.6 Å². The summed E-state index contributed by atoms with van der Waals surface area (Å²) in [7, 11) is 0. The molecule has 0 aliphatic heterocycles. The molecule has 1 aromatic heterocycles. The van der Waals surface area contributed by atoms with E-state index < -0.39 is 5.97 Å². The minimum atomic E-state index is -1.24. The first-order chi connectivity index (χ1) is 11.5. The quantitative estimate of drug-likeness (QED) is 0.712. The van der Waals surface area contributed by atoms with Crippen LogP contribution < -0.4 is 5.11 Å². The summed E-state index contributed by atoms with van der Waals surface area (Å²) in [5.74, 6) is -0.688. The highest BCUT2D eigenvalue weighted by atomic mass is 35.5. The molecule has 2 aromatic carbocycles. The van der Waals surface area contributed by atoms with Gasteiger partial charge in [0.15, 0.2) is 0 Å². The van der Waals surface area contributed by atoms with Crippen LogP contribution in [-0.2, 0) is 0 Å². The smallest absolute Gasteiger partial charge is 0.269 e. The van der Waals surface area contributed by atoms with Gasteiger partial charge in [-0.3, -0.25) is 0 Å². The number of hydrogen-bond acceptors (Lipinski definition) is 5. The van der Waals surface area contributed by atoms with Gasteiger partial charge in [-0.25, -0.2) is 0 Å². The molecule has 0 bridgehead atoms. The van der Waals surface area contributed by atoms with Crippen LogP contribution in [0.15, 0.2) is 53.1 Å². The molecule has 0 aliphatic carbocycles. The number of carbonyl (C=O) groups excluding carboxylic acids is 1. The molecule has 0 radical (unpaired) electrons. The Morgan fingerprint density at radius 1 is 1.08 bits per heavy atom. The van der Waals surface area contributed by atoms with E-state index in [-0.39, 0.29) is 16.5 Å². The van der Waals surface area contributed by atoms with Crippen LogP contribution in [0.4, 0.5) is 0 Å². The van der Waals surface area contributed by atoms with E-state index in [4.69, 9.17) is 27.7 Å². The van der Waals surface area contributed by atoms with Crippen LogP contribution in [-0.4, -0.2) is 16.1 Å². The van der Waals surface area contributed by atoms with Gasteiger partial charge in [-0.15, -0.1) is 0 Å². The molecule has 0 aliphatic rings. The van der Waals surface area contributed by atoms with E-state index in [9.17, 15) is 9.90 Å². The van der Waals surface area contributed by atoms with Gasteiger partial charge in [0.25, 0.3) is 5.89 Å². The highest BCUT2D eigenvalue weighted by molar-refractivity contribution is 6.50. The van der Waals surface area contributed by atoms with Crippen LogP contribution in [0.1, 0.15) is 21.8 Å². The number of carboxylic acids is 1. The predicted molar refractivity (Wildman–Crippen MR) is 89.2 cm³/mol. The number of nitrogens with zero attached hydrogens (tertiary/aromatic N) is 2. The Hall–Kier alpha value is -2.63. The zero-order chi connectivity index (χ0) is 17.1. The summed E-state index contributed by atoms with van der Waals surface area (Å²) in [6.45, 7) is 0. The molecule has 120 valence electrons. The zero-order valence-corrected chi connectivity index (χ0v) is 13.6. The Morgan fingerprint density at radius 3 is 2.38 bits per heavy atom. The summed E-state index contributed by atoms with van der Waals surface area (Å²) in [4.78, 5) is 14.9. The average Bonchev–Trinajstić information content (AvgIpc) is 3.06. The van der Waals surface area contributed by atoms with Crippen molar-refractivity contribution in [3.63, 3.8) is 0 Å². The Bertz CT molecular complexity index is 900. The maximum absolute atomic E-state index is 10.7. The van der Waals surface area contributed by atoms with Gasteiger partial charge >= 0.3 is 0 Å². The van der Waals surface area contributed by atoms with Crippen LogP contribution in [0.25, 0.3) is 22.5 Å². The van der Waals surface area contributed by atoms with Gasteiger partial charge in [0.1, 0.15) is 5.03 Å². The number of halogens is 2.